The number of nitro groups is 1. The van der Waals surface area contributed by atoms with Crippen LogP contribution in [-0.2, 0) is 11.3 Å². The molecule has 2 aromatic carbocycles. The van der Waals surface area contributed by atoms with Gasteiger partial charge in [0.25, 0.3) is 5.69 Å². The van der Waals surface area contributed by atoms with Crippen molar-refractivity contribution in [1.82, 2.24) is 0 Å². The lowest BCUT2D eigenvalue weighted by Crippen LogP contribution is -1.98. The number of rotatable bonds is 7. The molecular formula is C17H17NO4. The molecule has 0 N–H and O–H groups in total. The van der Waals surface area contributed by atoms with E-state index in [1.54, 1.807) is 19.2 Å². The SMILES string of the molecule is C=C(COCc1ccc(OC)cc1)c1ccc([N+](=O)[O-])cc1. The van der Waals surface area contributed by atoms with Crippen LogP contribution in [-0.4, -0.2) is 18.6 Å². The van der Waals surface area contributed by atoms with Gasteiger partial charge in [0.05, 0.1) is 25.2 Å². The first-order valence-electron chi connectivity index (χ1n) is 6.73. The van der Waals surface area contributed by atoms with Crippen molar-refractivity contribution >= 4 is 11.3 Å². The number of hydrogen-bond donors (Lipinski definition) is 0. The lowest BCUT2D eigenvalue weighted by Gasteiger charge is -2.08. The Morgan fingerprint density at radius 2 is 1.77 bits per heavy atom. The molecule has 0 unspecified atom stereocenters. The largest absolute Gasteiger partial charge is 0.497 e. The van der Waals surface area contributed by atoms with Gasteiger partial charge in [0, 0.05) is 12.1 Å². The summed E-state index contributed by atoms with van der Waals surface area (Å²) in [5.41, 5.74) is 2.72. The fraction of sp³-hybridized carbons (Fsp3) is 0.176. The molecule has 22 heavy (non-hydrogen) atoms. The van der Waals surface area contributed by atoms with E-state index in [-0.39, 0.29) is 5.69 Å². The molecule has 0 aromatic heterocycles. The number of methoxy groups -OCH3 is 1. The highest BCUT2D eigenvalue weighted by molar-refractivity contribution is 5.65. The molecule has 0 fully saturated rings. The van der Waals surface area contributed by atoms with Crippen LogP contribution in [0.3, 0.4) is 0 Å². The molecule has 0 aliphatic rings. The van der Waals surface area contributed by atoms with Gasteiger partial charge in [-0.25, -0.2) is 0 Å². The molecule has 0 saturated heterocycles. The zero-order valence-electron chi connectivity index (χ0n) is 12.3. The number of benzene rings is 2. The van der Waals surface area contributed by atoms with Crippen LogP contribution in [0.4, 0.5) is 5.69 Å². The molecule has 0 heterocycles. The molecule has 5 heteroatoms. The average Bonchev–Trinajstić information content (AvgIpc) is 2.55. The molecule has 0 amide bonds. The van der Waals surface area contributed by atoms with E-state index < -0.39 is 4.92 Å². The molecule has 0 aliphatic carbocycles. The first-order valence-corrected chi connectivity index (χ1v) is 6.73. The quantitative estimate of drug-likeness (QED) is 0.575. The third-order valence-corrected chi connectivity index (χ3v) is 3.19. The topological polar surface area (TPSA) is 61.6 Å². The third-order valence-electron chi connectivity index (χ3n) is 3.19. The average molecular weight is 299 g/mol. The van der Waals surface area contributed by atoms with Crippen molar-refractivity contribution in [3.63, 3.8) is 0 Å². The lowest BCUT2D eigenvalue weighted by molar-refractivity contribution is -0.384. The highest BCUT2D eigenvalue weighted by Gasteiger charge is 2.06. The standard InChI is InChI=1S/C17H17NO4/c1-13(15-5-7-16(8-6-15)18(19)20)11-22-12-14-3-9-17(21-2)10-4-14/h3-10H,1,11-12H2,2H3. The fourth-order valence-electron chi connectivity index (χ4n) is 1.92. The van der Waals surface area contributed by atoms with Gasteiger partial charge in [0.1, 0.15) is 5.75 Å². The van der Waals surface area contributed by atoms with Gasteiger partial charge in [-0.3, -0.25) is 10.1 Å². The van der Waals surface area contributed by atoms with E-state index >= 15 is 0 Å². The van der Waals surface area contributed by atoms with Crippen LogP contribution in [0.15, 0.2) is 55.1 Å². The van der Waals surface area contributed by atoms with E-state index in [2.05, 4.69) is 6.58 Å². The van der Waals surface area contributed by atoms with Crippen LogP contribution in [0.5, 0.6) is 5.75 Å². The molecule has 0 radical (unpaired) electrons. The highest BCUT2D eigenvalue weighted by Crippen LogP contribution is 2.18. The second kappa shape index (κ2) is 7.38. The van der Waals surface area contributed by atoms with Gasteiger partial charge in [-0.15, -0.1) is 0 Å². The number of nitrogens with zero attached hydrogens (tertiary/aromatic N) is 1. The zero-order chi connectivity index (χ0) is 15.9. The number of hydrogen-bond acceptors (Lipinski definition) is 4. The second-order valence-electron chi connectivity index (χ2n) is 4.75. The molecular weight excluding hydrogens is 282 g/mol. The third kappa shape index (κ3) is 4.17. The summed E-state index contributed by atoms with van der Waals surface area (Å²) in [5.74, 6) is 0.805. The maximum atomic E-state index is 10.6. The van der Waals surface area contributed by atoms with Gasteiger partial charge >= 0.3 is 0 Å². The van der Waals surface area contributed by atoms with Gasteiger partial charge < -0.3 is 9.47 Å². The summed E-state index contributed by atoms with van der Waals surface area (Å²) in [6.45, 7) is 4.78. The van der Waals surface area contributed by atoms with E-state index in [1.165, 1.54) is 12.1 Å². The minimum absolute atomic E-state index is 0.0655. The Kier molecular flexibility index (Phi) is 5.27. The van der Waals surface area contributed by atoms with Crippen LogP contribution >= 0.6 is 0 Å². The normalized spacial score (nSPS) is 10.2. The first kappa shape index (κ1) is 15.7. The van der Waals surface area contributed by atoms with E-state index in [0.717, 1.165) is 22.4 Å². The predicted octanol–water partition coefficient (Wildman–Crippen LogP) is 3.83. The summed E-state index contributed by atoms with van der Waals surface area (Å²) < 4.78 is 10.7. The maximum absolute atomic E-state index is 10.6. The van der Waals surface area contributed by atoms with Crippen molar-refractivity contribution in [2.45, 2.75) is 6.61 Å². The van der Waals surface area contributed by atoms with Gasteiger partial charge in [0.2, 0.25) is 0 Å². The maximum Gasteiger partial charge on any atom is 0.269 e. The molecule has 114 valence electrons. The fourth-order valence-corrected chi connectivity index (χ4v) is 1.92. The van der Waals surface area contributed by atoms with E-state index in [1.807, 2.05) is 24.3 Å². The summed E-state index contributed by atoms with van der Waals surface area (Å²) in [7, 11) is 1.62. The number of nitro benzene ring substituents is 1. The molecule has 0 saturated carbocycles. The summed E-state index contributed by atoms with van der Waals surface area (Å²) in [5, 5.41) is 10.6. The predicted molar refractivity (Wildman–Crippen MR) is 84.8 cm³/mol. The monoisotopic (exact) mass is 299 g/mol. The van der Waals surface area contributed by atoms with Crippen LogP contribution in [0, 0.1) is 10.1 Å². The minimum Gasteiger partial charge on any atom is -0.497 e. The molecule has 0 atom stereocenters. The van der Waals surface area contributed by atoms with Crippen LogP contribution < -0.4 is 4.74 Å². The van der Waals surface area contributed by atoms with E-state index in [0.29, 0.717) is 13.2 Å². The van der Waals surface area contributed by atoms with Crippen molar-refractivity contribution in [1.29, 1.82) is 0 Å². The first-order chi connectivity index (χ1) is 10.6. The molecule has 0 aliphatic heterocycles. The molecule has 0 spiro atoms. The van der Waals surface area contributed by atoms with Crippen molar-refractivity contribution in [2.24, 2.45) is 0 Å². The Bertz CT molecular complexity index is 647. The summed E-state index contributed by atoms with van der Waals surface area (Å²) in [6, 6.07) is 13.9. The Labute approximate surface area is 129 Å². The van der Waals surface area contributed by atoms with Crippen LogP contribution in [0.2, 0.25) is 0 Å². The Morgan fingerprint density at radius 1 is 1.14 bits per heavy atom. The second-order valence-corrected chi connectivity index (χ2v) is 4.75. The van der Waals surface area contributed by atoms with Crippen molar-refractivity contribution in [3.05, 3.63) is 76.4 Å². The Morgan fingerprint density at radius 3 is 2.32 bits per heavy atom. The molecule has 0 bridgehead atoms. The van der Waals surface area contributed by atoms with Crippen molar-refractivity contribution < 1.29 is 14.4 Å². The van der Waals surface area contributed by atoms with Gasteiger partial charge in [-0.1, -0.05) is 18.7 Å². The van der Waals surface area contributed by atoms with Gasteiger partial charge in [0.15, 0.2) is 0 Å². The number of ether oxygens (including phenoxy) is 2. The van der Waals surface area contributed by atoms with E-state index in [9.17, 15) is 10.1 Å². The Balaban J connectivity index is 1.85. The van der Waals surface area contributed by atoms with Crippen LogP contribution in [0.25, 0.3) is 5.57 Å². The van der Waals surface area contributed by atoms with Gasteiger partial charge in [-0.05, 0) is 41.0 Å². The summed E-state index contributed by atoms with van der Waals surface area (Å²) in [6.07, 6.45) is 0. The van der Waals surface area contributed by atoms with E-state index in [4.69, 9.17) is 9.47 Å². The lowest BCUT2D eigenvalue weighted by atomic mass is 10.1. The zero-order valence-corrected chi connectivity index (χ0v) is 12.3. The van der Waals surface area contributed by atoms with Crippen molar-refractivity contribution in [3.8, 4) is 5.75 Å². The minimum atomic E-state index is -0.424. The van der Waals surface area contributed by atoms with Crippen LogP contribution in [0.1, 0.15) is 11.1 Å². The molecule has 2 rings (SSSR count). The summed E-state index contributed by atoms with van der Waals surface area (Å²) in [4.78, 5) is 10.2. The molecule has 5 nitrogen and oxygen atoms in total. The smallest absolute Gasteiger partial charge is 0.269 e. The highest BCUT2D eigenvalue weighted by atomic mass is 16.6. The summed E-state index contributed by atoms with van der Waals surface area (Å²) >= 11 is 0. The van der Waals surface area contributed by atoms with Crippen molar-refractivity contribution in [2.75, 3.05) is 13.7 Å². The van der Waals surface area contributed by atoms with Gasteiger partial charge in [-0.2, -0.15) is 0 Å². The molecule has 2 aromatic rings. The number of non-ortho nitro benzene ring substituents is 1. The Hall–Kier alpha value is -2.66.